The van der Waals surface area contributed by atoms with Crippen LogP contribution in [0.1, 0.15) is 13.3 Å². The molecule has 1 aliphatic rings. The van der Waals surface area contributed by atoms with E-state index in [9.17, 15) is 4.79 Å². The Kier molecular flexibility index (Phi) is 2.45. The second kappa shape index (κ2) is 3.37. The Hall–Kier alpha value is -0.830. The van der Waals surface area contributed by atoms with Gasteiger partial charge in [0.05, 0.1) is 13.2 Å². The fourth-order valence-electron chi connectivity index (χ4n) is 0.867. The van der Waals surface area contributed by atoms with Gasteiger partial charge in [0.2, 0.25) is 5.91 Å². The minimum absolute atomic E-state index is 0.00634. The number of hydrogen-bond acceptors (Lipinski definition) is 2. The van der Waals surface area contributed by atoms with Crippen LogP contribution in [0.4, 0.5) is 0 Å². The maximum Gasteiger partial charge on any atom is 0.220 e. The van der Waals surface area contributed by atoms with Crippen LogP contribution in [0.5, 0.6) is 0 Å². The van der Waals surface area contributed by atoms with Gasteiger partial charge < -0.3 is 10.1 Å². The summed E-state index contributed by atoms with van der Waals surface area (Å²) >= 11 is 0. The smallest absolute Gasteiger partial charge is 0.220 e. The van der Waals surface area contributed by atoms with Gasteiger partial charge in [0.15, 0.2) is 0 Å². The van der Waals surface area contributed by atoms with Crippen molar-refractivity contribution in [2.75, 3.05) is 13.2 Å². The van der Waals surface area contributed by atoms with E-state index in [1.165, 1.54) is 6.92 Å². The molecule has 0 radical (unpaired) electrons. The van der Waals surface area contributed by atoms with Crippen LogP contribution in [0.25, 0.3) is 0 Å². The lowest BCUT2D eigenvalue weighted by Crippen LogP contribution is -2.22. The van der Waals surface area contributed by atoms with E-state index in [-0.39, 0.29) is 5.91 Å². The molecular weight excluding hydrogens is 130 g/mol. The molecule has 0 saturated carbocycles. The summed E-state index contributed by atoms with van der Waals surface area (Å²) < 4.78 is 5.05. The van der Waals surface area contributed by atoms with Crippen LogP contribution in [-0.4, -0.2) is 19.1 Å². The molecule has 1 rings (SSSR count). The molecule has 0 aromatic carbocycles. The van der Waals surface area contributed by atoms with Crippen molar-refractivity contribution in [2.24, 2.45) is 0 Å². The van der Waals surface area contributed by atoms with Crippen LogP contribution in [0.2, 0.25) is 0 Å². The molecule has 0 bridgehead atoms. The van der Waals surface area contributed by atoms with Gasteiger partial charge in [-0.05, 0) is 6.08 Å². The van der Waals surface area contributed by atoms with Crippen molar-refractivity contribution in [1.29, 1.82) is 0 Å². The van der Waals surface area contributed by atoms with E-state index in [2.05, 4.69) is 5.32 Å². The van der Waals surface area contributed by atoms with E-state index in [1.807, 2.05) is 6.08 Å². The van der Waals surface area contributed by atoms with E-state index in [4.69, 9.17) is 4.74 Å². The minimum Gasteiger partial charge on any atom is -0.377 e. The standard InChI is InChI=1S/C7H11NO2/c1-6(9)8-7-2-4-10-5-3-7/h2H,3-5H2,1H3,(H,8,9). The molecule has 0 aromatic heterocycles. The van der Waals surface area contributed by atoms with Gasteiger partial charge in [-0.2, -0.15) is 0 Å². The van der Waals surface area contributed by atoms with Crippen molar-refractivity contribution < 1.29 is 9.53 Å². The maximum atomic E-state index is 10.5. The highest BCUT2D eigenvalue weighted by atomic mass is 16.5. The zero-order valence-electron chi connectivity index (χ0n) is 6.02. The third-order valence-corrected chi connectivity index (χ3v) is 1.30. The van der Waals surface area contributed by atoms with Crippen molar-refractivity contribution in [3.05, 3.63) is 11.8 Å². The van der Waals surface area contributed by atoms with Crippen molar-refractivity contribution in [3.63, 3.8) is 0 Å². The minimum atomic E-state index is -0.00634. The molecule has 1 amide bonds. The second-order valence-electron chi connectivity index (χ2n) is 2.24. The largest absolute Gasteiger partial charge is 0.377 e. The van der Waals surface area contributed by atoms with Crippen LogP contribution >= 0.6 is 0 Å². The summed E-state index contributed by atoms with van der Waals surface area (Å²) in [4.78, 5) is 10.5. The molecule has 1 aliphatic heterocycles. The number of rotatable bonds is 1. The van der Waals surface area contributed by atoms with E-state index >= 15 is 0 Å². The predicted molar refractivity (Wildman–Crippen MR) is 37.3 cm³/mol. The molecule has 0 aliphatic carbocycles. The summed E-state index contributed by atoms with van der Waals surface area (Å²) in [7, 11) is 0. The first kappa shape index (κ1) is 7.28. The number of carbonyl (C=O) groups is 1. The molecule has 3 heteroatoms. The molecule has 0 unspecified atom stereocenters. The predicted octanol–water partition coefficient (Wildman–Crippen LogP) is 0.427. The molecule has 0 saturated heterocycles. The zero-order chi connectivity index (χ0) is 7.40. The fraction of sp³-hybridized carbons (Fsp3) is 0.571. The van der Waals surface area contributed by atoms with Gasteiger partial charge in [-0.1, -0.05) is 0 Å². The number of nitrogens with one attached hydrogen (secondary N) is 1. The van der Waals surface area contributed by atoms with E-state index in [1.54, 1.807) is 0 Å². The highest BCUT2D eigenvalue weighted by Gasteiger charge is 2.03. The third kappa shape index (κ3) is 2.19. The monoisotopic (exact) mass is 141 g/mol. The first-order valence-electron chi connectivity index (χ1n) is 3.33. The average molecular weight is 141 g/mol. The Morgan fingerprint density at radius 2 is 2.60 bits per heavy atom. The second-order valence-corrected chi connectivity index (χ2v) is 2.24. The van der Waals surface area contributed by atoms with Gasteiger partial charge in [0.25, 0.3) is 0 Å². The Balaban J connectivity index is 2.38. The summed E-state index contributed by atoms with van der Waals surface area (Å²) in [6, 6.07) is 0. The summed E-state index contributed by atoms with van der Waals surface area (Å²) in [6.07, 6.45) is 2.71. The molecule has 1 N–H and O–H groups in total. The lowest BCUT2D eigenvalue weighted by molar-refractivity contribution is -0.118. The van der Waals surface area contributed by atoms with Gasteiger partial charge in [0, 0.05) is 19.0 Å². The Bertz CT molecular complexity index is 163. The third-order valence-electron chi connectivity index (χ3n) is 1.30. The van der Waals surface area contributed by atoms with Crippen molar-refractivity contribution >= 4 is 5.91 Å². The molecule has 1 heterocycles. The van der Waals surface area contributed by atoms with Gasteiger partial charge in [-0.25, -0.2) is 0 Å². The van der Waals surface area contributed by atoms with Gasteiger partial charge >= 0.3 is 0 Å². The molecule has 10 heavy (non-hydrogen) atoms. The highest BCUT2D eigenvalue weighted by molar-refractivity contribution is 5.74. The Morgan fingerprint density at radius 3 is 3.10 bits per heavy atom. The van der Waals surface area contributed by atoms with Crippen LogP contribution in [0.3, 0.4) is 0 Å². The highest BCUT2D eigenvalue weighted by Crippen LogP contribution is 2.02. The molecule has 0 spiro atoms. The lowest BCUT2D eigenvalue weighted by atomic mass is 10.2. The van der Waals surface area contributed by atoms with Crippen LogP contribution < -0.4 is 5.32 Å². The number of hydrogen-bond donors (Lipinski definition) is 1. The summed E-state index contributed by atoms with van der Waals surface area (Å²) in [5.74, 6) is -0.00634. The Morgan fingerprint density at radius 1 is 1.80 bits per heavy atom. The van der Waals surface area contributed by atoms with E-state index < -0.39 is 0 Å². The van der Waals surface area contributed by atoms with Crippen molar-refractivity contribution in [1.82, 2.24) is 5.32 Å². The summed E-state index contributed by atoms with van der Waals surface area (Å²) in [6.45, 7) is 2.85. The van der Waals surface area contributed by atoms with Crippen molar-refractivity contribution in [2.45, 2.75) is 13.3 Å². The topological polar surface area (TPSA) is 38.3 Å². The first-order valence-corrected chi connectivity index (χ1v) is 3.33. The van der Waals surface area contributed by atoms with Crippen LogP contribution in [0.15, 0.2) is 11.8 Å². The maximum absolute atomic E-state index is 10.5. The molecule has 56 valence electrons. The van der Waals surface area contributed by atoms with Crippen LogP contribution in [-0.2, 0) is 9.53 Å². The SMILES string of the molecule is CC(=O)NC1=CCOCC1. The van der Waals surface area contributed by atoms with E-state index in [0.717, 1.165) is 12.1 Å². The first-order chi connectivity index (χ1) is 4.79. The summed E-state index contributed by atoms with van der Waals surface area (Å²) in [5, 5.41) is 2.72. The normalized spacial score (nSPS) is 17.9. The molecule has 0 atom stereocenters. The number of ether oxygens (including phenoxy) is 1. The molecular formula is C7H11NO2. The fourth-order valence-corrected chi connectivity index (χ4v) is 0.867. The lowest BCUT2D eigenvalue weighted by Gasteiger charge is -2.12. The number of carbonyl (C=O) groups excluding carboxylic acids is 1. The van der Waals surface area contributed by atoms with Gasteiger partial charge in [0.1, 0.15) is 0 Å². The Labute approximate surface area is 60.1 Å². The zero-order valence-corrected chi connectivity index (χ0v) is 6.02. The quantitative estimate of drug-likeness (QED) is 0.575. The summed E-state index contributed by atoms with van der Waals surface area (Å²) in [5.41, 5.74) is 0.985. The van der Waals surface area contributed by atoms with E-state index in [0.29, 0.717) is 13.2 Å². The number of amides is 1. The average Bonchev–Trinajstić information content (AvgIpc) is 1.88. The molecule has 0 aromatic rings. The van der Waals surface area contributed by atoms with Gasteiger partial charge in [-0.15, -0.1) is 0 Å². The molecule has 3 nitrogen and oxygen atoms in total. The molecule has 0 fully saturated rings. The van der Waals surface area contributed by atoms with Crippen LogP contribution in [0, 0.1) is 0 Å². The van der Waals surface area contributed by atoms with Gasteiger partial charge in [-0.3, -0.25) is 4.79 Å². The van der Waals surface area contributed by atoms with Crippen molar-refractivity contribution in [3.8, 4) is 0 Å².